The molecule has 1 atom stereocenters. The van der Waals surface area contributed by atoms with E-state index < -0.39 is 17.7 Å². The first kappa shape index (κ1) is 12.1. The van der Waals surface area contributed by atoms with Gasteiger partial charge in [-0.2, -0.15) is 5.26 Å². The van der Waals surface area contributed by atoms with E-state index in [1.807, 2.05) is 12.1 Å². The summed E-state index contributed by atoms with van der Waals surface area (Å²) in [5.74, 6) is -1.36. The second-order valence-corrected chi connectivity index (χ2v) is 3.74. The number of nitrogens with one attached hydrogen (secondary N) is 1. The summed E-state index contributed by atoms with van der Waals surface area (Å²) < 4.78 is 26.2. The van der Waals surface area contributed by atoms with Gasteiger partial charge in [-0.15, -0.1) is 0 Å². The minimum absolute atomic E-state index is 0.104. The molecule has 0 saturated heterocycles. The Morgan fingerprint density at radius 1 is 1.06 bits per heavy atom. The van der Waals surface area contributed by atoms with Crippen LogP contribution in [0.1, 0.15) is 11.6 Å². The highest BCUT2D eigenvalue weighted by molar-refractivity contribution is 5.48. The molecule has 4 heteroatoms. The van der Waals surface area contributed by atoms with Crippen LogP contribution in [0.25, 0.3) is 0 Å². The van der Waals surface area contributed by atoms with E-state index in [0.29, 0.717) is 0 Å². The Kier molecular flexibility index (Phi) is 3.54. The second kappa shape index (κ2) is 5.28. The third-order valence-corrected chi connectivity index (χ3v) is 2.49. The molecule has 0 aliphatic carbocycles. The quantitative estimate of drug-likeness (QED) is 0.894. The average molecular weight is 244 g/mol. The molecule has 90 valence electrons. The first-order chi connectivity index (χ1) is 8.70. The van der Waals surface area contributed by atoms with Crippen molar-refractivity contribution < 1.29 is 8.78 Å². The lowest BCUT2D eigenvalue weighted by atomic mass is 10.1. The zero-order chi connectivity index (χ0) is 13.0. The number of rotatable bonds is 3. The van der Waals surface area contributed by atoms with Crippen LogP contribution < -0.4 is 5.32 Å². The largest absolute Gasteiger partial charge is 0.364 e. The molecule has 2 nitrogen and oxygen atoms in total. The monoisotopic (exact) mass is 244 g/mol. The SMILES string of the molecule is N#CC(Nc1ccc(F)cc1F)c1ccccc1. The molecule has 0 aliphatic heterocycles. The molecule has 0 bridgehead atoms. The van der Waals surface area contributed by atoms with Crippen LogP contribution in [0.15, 0.2) is 48.5 Å². The van der Waals surface area contributed by atoms with Gasteiger partial charge in [-0.3, -0.25) is 0 Å². The molecule has 0 radical (unpaired) electrons. The van der Waals surface area contributed by atoms with E-state index in [0.717, 1.165) is 17.7 Å². The minimum Gasteiger partial charge on any atom is -0.364 e. The molecule has 0 amide bonds. The maximum Gasteiger partial charge on any atom is 0.149 e. The fourth-order valence-corrected chi connectivity index (χ4v) is 1.60. The fraction of sp³-hybridized carbons (Fsp3) is 0.0714. The summed E-state index contributed by atoms with van der Waals surface area (Å²) in [6, 6.07) is 13.5. The lowest BCUT2D eigenvalue weighted by molar-refractivity contribution is 0.584. The van der Waals surface area contributed by atoms with Gasteiger partial charge in [-0.25, -0.2) is 8.78 Å². The normalized spacial score (nSPS) is 11.6. The third-order valence-electron chi connectivity index (χ3n) is 2.49. The number of anilines is 1. The number of hydrogen-bond acceptors (Lipinski definition) is 2. The van der Waals surface area contributed by atoms with Gasteiger partial charge in [-0.1, -0.05) is 30.3 Å². The summed E-state index contributed by atoms with van der Waals surface area (Å²) in [6.45, 7) is 0. The Bertz CT molecular complexity index is 576. The Labute approximate surface area is 103 Å². The molecule has 2 aromatic rings. The van der Waals surface area contributed by atoms with Crippen LogP contribution >= 0.6 is 0 Å². The van der Waals surface area contributed by atoms with Gasteiger partial charge in [0.05, 0.1) is 11.8 Å². The van der Waals surface area contributed by atoms with Crippen molar-refractivity contribution in [3.63, 3.8) is 0 Å². The van der Waals surface area contributed by atoms with Gasteiger partial charge >= 0.3 is 0 Å². The van der Waals surface area contributed by atoms with Gasteiger partial charge in [0.15, 0.2) is 0 Å². The molecule has 18 heavy (non-hydrogen) atoms. The van der Waals surface area contributed by atoms with Crippen molar-refractivity contribution in [2.24, 2.45) is 0 Å². The molecule has 2 aromatic carbocycles. The van der Waals surface area contributed by atoms with Crippen molar-refractivity contribution in [3.8, 4) is 6.07 Å². The zero-order valence-electron chi connectivity index (χ0n) is 9.40. The molecular formula is C14H10F2N2. The lowest BCUT2D eigenvalue weighted by Crippen LogP contribution is -2.09. The van der Waals surface area contributed by atoms with Crippen LogP contribution in [0.5, 0.6) is 0 Å². The van der Waals surface area contributed by atoms with E-state index in [-0.39, 0.29) is 5.69 Å². The average Bonchev–Trinajstić information content (AvgIpc) is 2.39. The van der Waals surface area contributed by atoms with Crippen molar-refractivity contribution in [3.05, 3.63) is 65.7 Å². The molecule has 0 fully saturated rings. The topological polar surface area (TPSA) is 35.8 Å². The highest BCUT2D eigenvalue weighted by Gasteiger charge is 2.12. The van der Waals surface area contributed by atoms with E-state index in [9.17, 15) is 8.78 Å². The van der Waals surface area contributed by atoms with Crippen molar-refractivity contribution in [1.29, 1.82) is 5.26 Å². The van der Waals surface area contributed by atoms with Crippen LogP contribution in [0.2, 0.25) is 0 Å². The van der Waals surface area contributed by atoms with Gasteiger partial charge in [0.2, 0.25) is 0 Å². The smallest absolute Gasteiger partial charge is 0.149 e. The molecule has 0 spiro atoms. The number of halogens is 2. The fourth-order valence-electron chi connectivity index (χ4n) is 1.60. The molecule has 0 aromatic heterocycles. The van der Waals surface area contributed by atoms with E-state index in [1.165, 1.54) is 6.07 Å². The predicted octanol–water partition coefficient (Wildman–Crippen LogP) is 3.64. The number of benzene rings is 2. The zero-order valence-corrected chi connectivity index (χ0v) is 9.40. The van der Waals surface area contributed by atoms with Gasteiger partial charge in [0.1, 0.15) is 17.7 Å². The molecule has 0 saturated carbocycles. The van der Waals surface area contributed by atoms with Crippen LogP contribution in [0, 0.1) is 23.0 Å². The van der Waals surface area contributed by atoms with Crippen LogP contribution in [0.4, 0.5) is 14.5 Å². The molecule has 1 N–H and O–H groups in total. The van der Waals surface area contributed by atoms with E-state index in [4.69, 9.17) is 5.26 Å². The van der Waals surface area contributed by atoms with Crippen LogP contribution in [-0.2, 0) is 0 Å². The molecule has 0 heterocycles. The van der Waals surface area contributed by atoms with Crippen molar-refractivity contribution in [2.45, 2.75) is 6.04 Å². The lowest BCUT2D eigenvalue weighted by Gasteiger charge is -2.13. The summed E-state index contributed by atoms with van der Waals surface area (Å²) in [4.78, 5) is 0. The van der Waals surface area contributed by atoms with Gasteiger partial charge in [-0.05, 0) is 17.7 Å². The number of nitrogens with zero attached hydrogens (tertiary/aromatic N) is 1. The molecular weight excluding hydrogens is 234 g/mol. The van der Waals surface area contributed by atoms with Crippen molar-refractivity contribution in [1.82, 2.24) is 0 Å². The van der Waals surface area contributed by atoms with Gasteiger partial charge < -0.3 is 5.32 Å². The van der Waals surface area contributed by atoms with E-state index in [1.54, 1.807) is 24.3 Å². The third kappa shape index (κ3) is 2.64. The van der Waals surface area contributed by atoms with Crippen LogP contribution in [0.3, 0.4) is 0 Å². The second-order valence-electron chi connectivity index (χ2n) is 3.74. The summed E-state index contributed by atoms with van der Waals surface area (Å²) >= 11 is 0. The first-order valence-electron chi connectivity index (χ1n) is 5.37. The highest BCUT2D eigenvalue weighted by Crippen LogP contribution is 2.21. The summed E-state index contributed by atoms with van der Waals surface area (Å²) in [6.07, 6.45) is 0. The van der Waals surface area contributed by atoms with Crippen molar-refractivity contribution >= 4 is 5.69 Å². The predicted molar refractivity (Wildman–Crippen MR) is 64.8 cm³/mol. The Balaban J connectivity index is 2.24. The molecule has 0 aliphatic rings. The van der Waals surface area contributed by atoms with E-state index in [2.05, 4.69) is 5.32 Å². The van der Waals surface area contributed by atoms with Crippen molar-refractivity contribution in [2.75, 3.05) is 5.32 Å². The Morgan fingerprint density at radius 3 is 2.39 bits per heavy atom. The Morgan fingerprint density at radius 2 is 1.78 bits per heavy atom. The number of nitriles is 1. The maximum absolute atomic E-state index is 13.5. The van der Waals surface area contributed by atoms with Gasteiger partial charge in [0.25, 0.3) is 0 Å². The molecule has 2 rings (SSSR count). The summed E-state index contributed by atoms with van der Waals surface area (Å²) in [5.41, 5.74) is 0.829. The Hall–Kier alpha value is -2.41. The number of hydrogen-bond donors (Lipinski definition) is 1. The van der Waals surface area contributed by atoms with Crippen LogP contribution in [-0.4, -0.2) is 0 Å². The standard InChI is InChI=1S/C14H10F2N2/c15-11-6-7-13(12(16)8-11)18-14(9-17)10-4-2-1-3-5-10/h1-8,14,18H. The summed E-state index contributed by atoms with van der Waals surface area (Å²) in [7, 11) is 0. The first-order valence-corrected chi connectivity index (χ1v) is 5.37. The van der Waals surface area contributed by atoms with E-state index >= 15 is 0 Å². The minimum atomic E-state index is -0.716. The highest BCUT2D eigenvalue weighted by atomic mass is 19.1. The summed E-state index contributed by atoms with van der Waals surface area (Å²) in [5, 5.41) is 11.8. The maximum atomic E-state index is 13.5. The van der Waals surface area contributed by atoms with Gasteiger partial charge in [0, 0.05) is 6.07 Å². The molecule has 1 unspecified atom stereocenters.